The lowest BCUT2D eigenvalue weighted by Gasteiger charge is -2.30. The minimum absolute atomic E-state index is 0.0744. The van der Waals surface area contributed by atoms with Crippen LogP contribution >= 0.6 is 11.3 Å². The van der Waals surface area contributed by atoms with Gasteiger partial charge in [-0.3, -0.25) is 4.98 Å². The lowest BCUT2D eigenvalue weighted by Crippen LogP contribution is -2.34. The number of anilines is 1. The van der Waals surface area contributed by atoms with E-state index in [-0.39, 0.29) is 22.9 Å². The van der Waals surface area contributed by atoms with Gasteiger partial charge in [-0.05, 0) is 37.8 Å². The molecule has 1 atom stereocenters. The van der Waals surface area contributed by atoms with Crippen LogP contribution in [0.2, 0.25) is 0 Å². The van der Waals surface area contributed by atoms with Gasteiger partial charge in [0.2, 0.25) is 0 Å². The second kappa shape index (κ2) is 7.74. The standard InChI is InChI=1S/C18H20FN3O2S/c1-3-12-7-6-10-22(11-12)18-21-15(14-13(19)8-5-9-20-14)16(25-18)17(23)24-4-2/h3,5,8-9,12H,1,4,6-7,10-11H2,2H3. The van der Waals surface area contributed by atoms with E-state index in [1.165, 1.54) is 29.7 Å². The van der Waals surface area contributed by atoms with Crippen LogP contribution in [0.15, 0.2) is 31.0 Å². The molecule has 5 nitrogen and oxygen atoms in total. The van der Waals surface area contributed by atoms with Crippen LogP contribution in [0.25, 0.3) is 11.4 Å². The molecule has 0 saturated carbocycles. The Hall–Kier alpha value is -2.28. The van der Waals surface area contributed by atoms with E-state index >= 15 is 0 Å². The van der Waals surface area contributed by atoms with Gasteiger partial charge in [0.05, 0.1) is 6.61 Å². The Kier molecular flexibility index (Phi) is 5.43. The summed E-state index contributed by atoms with van der Waals surface area (Å²) in [6.45, 7) is 7.50. The monoisotopic (exact) mass is 361 g/mol. The smallest absolute Gasteiger partial charge is 0.350 e. The van der Waals surface area contributed by atoms with Crippen molar-refractivity contribution >= 4 is 22.4 Å². The maximum atomic E-state index is 14.2. The van der Waals surface area contributed by atoms with E-state index in [0.717, 1.165) is 25.9 Å². The number of rotatable bonds is 5. The summed E-state index contributed by atoms with van der Waals surface area (Å²) in [5.74, 6) is -0.616. The third-order valence-corrected chi connectivity index (χ3v) is 5.22. The van der Waals surface area contributed by atoms with Gasteiger partial charge < -0.3 is 9.64 Å². The molecule has 0 spiro atoms. The van der Waals surface area contributed by atoms with Crippen LogP contribution in [0.1, 0.15) is 29.4 Å². The zero-order chi connectivity index (χ0) is 17.8. The van der Waals surface area contributed by atoms with Crippen molar-refractivity contribution in [2.75, 3.05) is 24.6 Å². The van der Waals surface area contributed by atoms with Crippen LogP contribution in [0.4, 0.5) is 9.52 Å². The van der Waals surface area contributed by atoms with Gasteiger partial charge in [0.1, 0.15) is 16.3 Å². The molecule has 7 heteroatoms. The van der Waals surface area contributed by atoms with Gasteiger partial charge >= 0.3 is 5.97 Å². The summed E-state index contributed by atoms with van der Waals surface area (Å²) in [7, 11) is 0. The molecule has 132 valence electrons. The first-order chi connectivity index (χ1) is 12.1. The van der Waals surface area contributed by atoms with Gasteiger partial charge in [-0.15, -0.1) is 6.58 Å². The van der Waals surface area contributed by atoms with Crippen molar-refractivity contribution in [2.24, 2.45) is 5.92 Å². The van der Waals surface area contributed by atoms with Gasteiger partial charge in [0.15, 0.2) is 10.9 Å². The van der Waals surface area contributed by atoms with Crippen molar-refractivity contribution in [1.82, 2.24) is 9.97 Å². The normalized spacial score (nSPS) is 17.4. The number of esters is 1. The fourth-order valence-corrected chi connectivity index (χ4v) is 3.87. The highest BCUT2D eigenvalue weighted by atomic mass is 32.1. The first-order valence-electron chi connectivity index (χ1n) is 8.30. The fraction of sp³-hybridized carbons (Fsp3) is 0.389. The number of hydrogen-bond acceptors (Lipinski definition) is 6. The Morgan fingerprint density at radius 1 is 1.56 bits per heavy atom. The maximum Gasteiger partial charge on any atom is 0.350 e. The summed E-state index contributed by atoms with van der Waals surface area (Å²) in [5, 5.41) is 0.689. The number of piperidine rings is 1. The molecule has 2 aromatic heterocycles. The lowest BCUT2D eigenvalue weighted by molar-refractivity contribution is 0.0532. The van der Waals surface area contributed by atoms with Crippen molar-refractivity contribution in [3.8, 4) is 11.4 Å². The molecular weight excluding hydrogens is 341 g/mol. The summed E-state index contributed by atoms with van der Waals surface area (Å²) in [4.78, 5) is 23.3. The average Bonchev–Trinajstić information content (AvgIpc) is 3.07. The predicted molar refractivity (Wildman–Crippen MR) is 96.4 cm³/mol. The minimum atomic E-state index is -0.507. The van der Waals surface area contributed by atoms with Gasteiger partial charge in [-0.1, -0.05) is 17.4 Å². The number of carbonyl (C=O) groups excluding carboxylic acids is 1. The van der Waals surface area contributed by atoms with E-state index in [1.54, 1.807) is 6.92 Å². The average molecular weight is 361 g/mol. The van der Waals surface area contributed by atoms with E-state index in [4.69, 9.17) is 4.74 Å². The second-order valence-electron chi connectivity index (χ2n) is 5.81. The Bertz CT molecular complexity index is 777. The molecule has 0 bridgehead atoms. The van der Waals surface area contributed by atoms with Crippen LogP contribution in [0.5, 0.6) is 0 Å². The SMILES string of the molecule is C=CC1CCCN(c2nc(-c3ncccc3F)c(C(=O)OCC)s2)C1. The van der Waals surface area contributed by atoms with Crippen LogP contribution in [-0.4, -0.2) is 35.6 Å². The van der Waals surface area contributed by atoms with Crippen LogP contribution in [-0.2, 0) is 4.74 Å². The zero-order valence-electron chi connectivity index (χ0n) is 14.1. The van der Waals surface area contributed by atoms with E-state index in [0.29, 0.717) is 11.0 Å². The van der Waals surface area contributed by atoms with Crippen LogP contribution in [0, 0.1) is 11.7 Å². The maximum absolute atomic E-state index is 14.2. The third kappa shape index (κ3) is 3.71. The van der Waals surface area contributed by atoms with Crippen LogP contribution < -0.4 is 4.90 Å². The van der Waals surface area contributed by atoms with E-state index in [2.05, 4.69) is 21.4 Å². The molecule has 1 fully saturated rings. The number of aromatic nitrogens is 2. The Labute approximate surface area is 150 Å². The largest absolute Gasteiger partial charge is 0.462 e. The molecule has 1 unspecified atom stereocenters. The van der Waals surface area contributed by atoms with E-state index < -0.39 is 11.8 Å². The highest BCUT2D eigenvalue weighted by Crippen LogP contribution is 2.35. The van der Waals surface area contributed by atoms with Gasteiger partial charge in [-0.2, -0.15) is 0 Å². The number of ether oxygens (including phenoxy) is 1. The molecule has 0 amide bonds. The number of thiazole rings is 1. The molecule has 0 aliphatic carbocycles. The lowest BCUT2D eigenvalue weighted by atomic mass is 9.99. The topological polar surface area (TPSA) is 55.3 Å². The second-order valence-corrected chi connectivity index (χ2v) is 6.79. The molecule has 1 aliphatic heterocycles. The zero-order valence-corrected chi connectivity index (χ0v) is 14.9. The quantitative estimate of drug-likeness (QED) is 0.597. The Balaban J connectivity index is 2.01. The predicted octanol–water partition coefficient (Wildman–Crippen LogP) is 3.92. The number of nitrogens with zero attached hydrogens (tertiary/aromatic N) is 3. The molecule has 0 radical (unpaired) electrons. The minimum Gasteiger partial charge on any atom is -0.462 e. The molecular formula is C18H20FN3O2S. The van der Waals surface area contributed by atoms with Gasteiger partial charge in [0, 0.05) is 19.3 Å². The van der Waals surface area contributed by atoms with Crippen molar-refractivity contribution in [2.45, 2.75) is 19.8 Å². The van der Waals surface area contributed by atoms with Crippen molar-refractivity contribution in [1.29, 1.82) is 0 Å². The number of carbonyl (C=O) groups is 1. The summed E-state index contributed by atoms with van der Waals surface area (Å²) >= 11 is 1.23. The molecule has 3 heterocycles. The molecule has 2 aromatic rings. The number of hydrogen-bond donors (Lipinski definition) is 0. The highest BCUT2D eigenvalue weighted by Gasteiger charge is 2.27. The van der Waals surface area contributed by atoms with Gasteiger partial charge in [-0.25, -0.2) is 14.2 Å². The molecule has 0 N–H and O–H groups in total. The summed E-state index contributed by atoms with van der Waals surface area (Å²) < 4.78 is 19.3. The summed E-state index contributed by atoms with van der Waals surface area (Å²) in [6, 6.07) is 2.82. The van der Waals surface area contributed by atoms with E-state index in [1.807, 2.05) is 6.08 Å². The third-order valence-electron chi connectivity index (χ3n) is 4.12. The molecule has 1 saturated heterocycles. The molecule has 3 rings (SSSR count). The Morgan fingerprint density at radius 3 is 3.12 bits per heavy atom. The summed E-state index contributed by atoms with van der Waals surface area (Å²) in [5.41, 5.74) is 0.322. The van der Waals surface area contributed by atoms with Crippen LogP contribution in [0.3, 0.4) is 0 Å². The van der Waals surface area contributed by atoms with Crippen molar-refractivity contribution < 1.29 is 13.9 Å². The Morgan fingerprint density at radius 2 is 2.40 bits per heavy atom. The number of halogens is 1. The summed E-state index contributed by atoms with van der Waals surface area (Å²) in [6.07, 6.45) is 5.56. The first kappa shape index (κ1) is 17.5. The molecule has 25 heavy (non-hydrogen) atoms. The number of pyridine rings is 1. The molecule has 0 aromatic carbocycles. The van der Waals surface area contributed by atoms with Crippen molar-refractivity contribution in [3.63, 3.8) is 0 Å². The first-order valence-corrected chi connectivity index (χ1v) is 9.12. The highest BCUT2D eigenvalue weighted by molar-refractivity contribution is 7.17. The van der Waals surface area contributed by atoms with E-state index in [9.17, 15) is 9.18 Å². The van der Waals surface area contributed by atoms with Crippen molar-refractivity contribution in [3.05, 3.63) is 41.7 Å². The molecule has 1 aliphatic rings. The fourth-order valence-electron chi connectivity index (χ4n) is 2.88. The van der Waals surface area contributed by atoms with Gasteiger partial charge in [0.25, 0.3) is 0 Å².